The van der Waals surface area contributed by atoms with Gasteiger partial charge in [-0.25, -0.2) is 31.3 Å². The predicted molar refractivity (Wildman–Crippen MR) is 120 cm³/mol. The van der Waals surface area contributed by atoms with Crippen LogP contribution in [-0.4, -0.2) is 45.3 Å². The van der Waals surface area contributed by atoms with Gasteiger partial charge in [0.2, 0.25) is 0 Å². The van der Waals surface area contributed by atoms with Crippen LogP contribution < -0.4 is 5.32 Å². The van der Waals surface area contributed by atoms with Crippen LogP contribution in [0.25, 0.3) is 27.9 Å². The molecule has 1 aromatic carbocycles. The summed E-state index contributed by atoms with van der Waals surface area (Å²) in [6.45, 7) is 1.86. The number of rotatable bonds is 5. The number of hydrogen-bond donors (Lipinski definition) is 1. The summed E-state index contributed by atoms with van der Waals surface area (Å²) >= 11 is 0. The van der Waals surface area contributed by atoms with E-state index in [1.165, 1.54) is 35.1 Å². The molecule has 0 atom stereocenters. The number of carbonyl (C=O) groups excluding carboxylic acids is 1. The van der Waals surface area contributed by atoms with Crippen LogP contribution >= 0.6 is 0 Å². The third-order valence-corrected chi connectivity index (χ3v) is 6.92. The molecule has 0 bridgehead atoms. The smallest absolute Gasteiger partial charge is 0.269 e. The van der Waals surface area contributed by atoms with Gasteiger partial charge in [0, 0.05) is 36.0 Å². The van der Waals surface area contributed by atoms with Crippen LogP contribution in [0.15, 0.2) is 59.9 Å². The second kappa shape index (κ2) is 7.48. The van der Waals surface area contributed by atoms with Crippen molar-refractivity contribution < 1.29 is 17.6 Å². The van der Waals surface area contributed by atoms with Crippen molar-refractivity contribution in [1.29, 1.82) is 0 Å². The maximum absolute atomic E-state index is 14.1. The normalized spacial score (nSPS) is 11.8. The third-order valence-electron chi connectivity index (χ3n) is 5.25. The Morgan fingerprint density at radius 1 is 1.12 bits per heavy atom. The van der Waals surface area contributed by atoms with Gasteiger partial charge in [0.1, 0.15) is 11.3 Å². The number of fused-ring (bicyclic) bond motifs is 2. The highest BCUT2D eigenvalue weighted by Crippen LogP contribution is 2.32. The molecule has 5 rings (SSSR count). The van der Waals surface area contributed by atoms with Gasteiger partial charge in [-0.05, 0) is 31.2 Å². The molecule has 0 fully saturated rings. The van der Waals surface area contributed by atoms with Gasteiger partial charge in [0.05, 0.1) is 11.1 Å². The minimum absolute atomic E-state index is 0.0442. The van der Waals surface area contributed by atoms with Gasteiger partial charge in [-0.15, -0.1) is 5.10 Å². The van der Waals surface area contributed by atoms with E-state index in [-0.39, 0.29) is 27.3 Å². The van der Waals surface area contributed by atoms with Crippen LogP contribution in [0.1, 0.15) is 15.9 Å². The summed E-state index contributed by atoms with van der Waals surface area (Å²) in [7, 11) is -2.37. The van der Waals surface area contributed by atoms with E-state index in [0.717, 1.165) is 15.7 Å². The van der Waals surface area contributed by atoms with Gasteiger partial charge in [0.15, 0.2) is 23.6 Å². The average Bonchev–Trinajstić information content (AvgIpc) is 3.40. The zero-order valence-electron chi connectivity index (χ0n) is 17.5. The molecule has 11 heteroatoms. The fourth-order valence-corrected chi connectivity index (χ4v) is 4.95. The summed E-state index contributed by atoms with van der Waals surface area (Å²) in [4.78, 5) is 19.8. The maximum Gasteiger partial charge on any atom is 0.269 e. The van der Waals surface area contributed by atoms with Crippen molar-refractivity contribution in [3.8, 4) is 11.4 Å². The van der Waals surface area contributed by atoms with E-state index in [9.17, 15) is 17.6 Å². The molecule has 33 heavy (non-hydrogen) atoms. The van der Waals surface area contributed by atoms with E-state index in [0.29, 0.717) is 23.2 Å². The molecule has 0 radical (unpaired) electrons. The van der Waals surface area contributed by atoms with Crippen LogP contribution in [-0.2, 0) is 10.0 Å². The summed E-state index contributed by atoms with van der Waals surface area (Å²) in [5.41, 5.74) is 2.18. The lowest BCUT2D eigenvalue weighted by atomic mass is 10.2. The Morgan fingerprint density at radius 2 is 1.88 bits per heavy atom. The quantitative estimate of drug-likeness (QED) is 0.397. The molecule has 0 amide bonds. The van der Waals surface area contributed by atoms with Crippen LogP contribution in [0.5, 0.6) is 0 Å². The second-order valence-corrected chi connectivity index (χ2v) is 9.25. The monoisotopic (exact) mass is 464 g/mol. The zero-order chi connectivity index (χ0) is 23.3. The van der Waals surface area contributed by atoms with Crippen LogP contribution in [0.3, 0.4) is 0 Å². The van der Waals surface area contributed by atoms with E-state index >= 15 is 0 Å². The number of hydrogen-bond acceptors (Lipinski definition) is 7. The molecule has 0 aliphatic carbocycles. The van der Waals surface area contributed by atoms with E-state index < -0.39 is 15.8 Å². The number of pyridine rings is 1. The highest BCUT2D eigenvalue weighted by atomic mass is 32.2. The van der Waals surface area contributed by atoms with Crippen LogP contribution in [0, 0.1) is 12.7 Å². The lowest BCUT2D eigenvalue weighted by Crippen LogP contribution is -2.12. The SMILES string of the molecule is CNc1nc(-c2cn(S(=O)(=O)c3ccc(C)cc3)c3ncc(F)cc23)nn2cc(C=O)cc12. The summed E-state index contributed by atoms with van der Waals surface area (Å²) < 4.78 is 43.4. The molecule has 4 heterocycles. The second-order valence-electron chi connectivity index (χ2n) is 7.44. The van der Waals surface area contributed by atoms with Crippen molar-refractivity contribution in [2.24, 2.45) is 0 Å². The Bertz CT molecular complexity index is 1660. The van der Waals surface area contributed by atoms with Crippen LogP contribution in [0.2, 0.25) is 0 Å². The number of halogens is 1. The molecule has 0 aliphatic rings. The number of nitrogens with zero attached hydrogens (tertiary/aromatic N) is 5. The molecule has 0 aliphatic heterocycles. The first-order chi connectivity index (χ1) is 15.8. The van der Waals surface area contributed by atoms with Gasteiger partial charge in [-0.1, -0.05) is 17.7 Å². The lowest BCUT2D eigenvalue weighted by molar-refractivity contribution is 0.112. The van der Waals surface area contributed by atoms with Crippen molar-refractivity contribution >= 4 is 38.7 Å². The molecule has 4 aromatic heterocycles. The molecular formula is C22H17FN6O3S. The number of aromatic nitrogens is 5. The van der Waals surface area contributed by atoms with Gasteiger partial charge >= 0.3 is 0 Å². The van der Waals surface area contributed by atoms with Crippen molar-refractivity contribution in [3.63, 3.8) is 0 Å². The first kappa shape index (κ1) is 20.8. The number of aldehydes is 1. The number of nitrogens with one attached hydrogen (secondary N) is 1. The molecule has 166 valence electrons. The predicted octanol–water partition coefficient (Wildman–Crippen LogP) is 3.28. The third kappa shape index (κ3) is 3.33. The summed E-state index contributed by atoms with van der Waals surface area (Å²) in [5, 5.41) is 7.60. The standard InChI is InChI=1S/C22H17FN6O3S/c1-13-3-5-16(6-4-13)33(31,32)29-11-18(17-8-15(23)9-25-22(17)29)20-26-21(24-2)19-7-14(12-30)10-28(19)27-20/h3-12H,1-2H3,(H,24,26,27). The first-order valence-electron chi connectivity index (χ1n) is 9.84. The largest absolute Gasteiger partial charge is 0.371 e. The highest BCUT2D eigenvalue weighted by molar-refractivity contribution is 7.90. The van der Waals surface area contributed by atoms with Gasteiger partial charge in [0.25, 0.3) is 10.0 Å². The van der Waals surface area contributed by atoms with Gasteiger partial charge in [-0.3, -0.25) is 4.79 Å². The fourth-order valence-electron chi connectivity index (χ4n) is 3.62. The summed E-state index contributed by atoms with van der Waals surface area (Å²) in [6, 6.07) is 9.20. The summed E-state index contributed by atoms with van der Waals surface area (Å²) in [6.07, 6.45) is 4.50. The van der Waals surface area contributed by atoms with E-state index in [2.05, 4.69) is 20.4 Å². The van der Waals surface area contributed by atoms with Crippen molar-refractivity contribution in [1.82, 2.24) is 23.6 Å². The molecule has 1 N–H and O–H groups in total. The Balaban J connectivity index is 1.79. The van der Waals surface area contributed by atoms with Crippen molar-refractivity contribution in [2.75, 3.05) is 12.4 Å². The van der Waals surface area contributed by atoms with Crippen LogP contribution in [0.4, 0.5) is 10.2 Å². The topological polar surface area (TPSA) is 111 Å². The number of anilines is 1. The molecule has 0 spiro atoms. The Hall–Kier alpha value is -4.12. The van der Waals surface area contributed by atoms with Gasteiger partial charge < -0.3 is 5.32 Å². The molecule has 0 saturated heterocycles. The fraction of sp³-hybridized carbons (Fsp3) is 0.0909. The molecular weight excluding hydrogens is 447 g/mol. The number of aryl methyl sites for hydroxylation is 1. The Labute approximate surface area is 187 Å². The first-order valence-corrected chi connectivity index (χ1v) is 11.3. The minimum Gasteiger partial charge on any atom is -0.371 e. The van der Waals surface area contributed by atoms with Crippen molar-refractivity contribution in [2.45, 2.75) is 11.8 Å². The summed E-state index contributed by atoms with van der Waals surface area (Å²) in [5.74, 6) is -0.0803. The number of carbonyl (C=O) groups is 1. The molecule has 5 aromatic rings. The molecule has 0 unspecified atom stereocenters. The highest BCUT2D eigenvalue weighted by Gasteiger charge is 2.25. The molecule has 9 nitrogen and oxygen atoms in total. The lowest BCUT2D eigenvalue weighted by Gasteiger charge is -2.07. The minimum atomic E-state index is -4.03. The number of benzene rings is 1. The maximum atomic E-state index is 14.1. The van der Waals surface area contributed by atoms with Gasteiger partial charge in [-0.2, -0.15) is 0 Å². The van der Waals surface area contributed by atoms with E-state index in [1.54, 1.807) is 25.2 Å². The average molecular weight is 464 g/mol. The Morgan fingerprint density at radius 3 is 2.58 bits per heavy atom. The zero-order valence-corrected chi connectivity index (χ0v) is 18.3. The Kier molecular flexibility index (Phi) is 4.71. The van der Waals surface area contributed by atoms with Crippen molar-refractivity contribution in [3.05, 3.63) is 71.9 Å². The van der Waals surface area contributed by atoms with E-state index in [1.807, 2.05) is 6.92 Å². The van der Waals surface area contributed by atoms with E-state index in [4.69, 9.17) is 0 Å². The molecule has 0 saturated carbocycles.